The van der Waals surface area contributed by atoms with Gasteiger partial charge in [0.1, 0.15) is 5.75 Å². The maximum Gasteiger partial charge on any atom is 0.338 e. The van der Waals surface area contributed by atoms with Gasteiger partial charge in [0.05, 0.1) is 23.7 Å². The van der Waals surface area contributed by atoms with Gasteiger partial charge in [0.25, 0.3) is 5.91 Å². The normalized spacial score (nSPS) is 21.1. The average molecular weight is 452 g/mol. The first-order valence-electron chi connectivity index (χ1n) is 11.2. The highest BCUT2D eigenvalue weighted by Crippen LogP contribution is 2.28. The molecule has 1 unspecified atom stereocenters. The van der Waals surface area contributed by atoms with E-state index in [9.17, 15) is 18.0 Å². The lowest BCUT2D eigenvalue weighted by molar-refractivity contribution is -0.140. The number of hydrogen-bond acceptors (Lipinski definition) is 6. The molecule has 1 amide bonds. The molecular weight excluding hydrogens is 418 g/mol. The summed E-state index contributed by atoms with van der Waals surface area (Å²) in [6, 6.07) is 6.41. The minimum Gasteiger partial charge on any atom is -0.493 e. The third-order valence-corrected chi connectivity index (χ3v) is 7.59. The molecule has 1 aromatic carbocycles. The summed E-state index contributed by atoms with van der Waals surface area (Å²) in [7, 11) is -3.12. The van der Waals surface area contributed by atoms with Crippen LogP contribution in [-0.4, -0.2) is 62.0 Å². The van der Waals surface area contributed by atoms with Gasteiger partial charge in [0.15, 0.2) is 16.4 Å². The van der Waals surface area contributed by atoms with Gasteiger partial charge >= 0.3 is 5.97 Å². The van der Waals surface area contributed by atoms with E-state index in [1.165, 1.54) is 0 Å². The summed E-state index contributed by atoms with van der Waals surface area (Å²) < 4.78 is 35.0. The van der Waals surface area contributed by atoms with Crippen molar-refractivity contribution in [1.82, 2.24) is 4.90 Å². The number of rotatable bonds is 8. The van der Waals surface area contributed by atoms with E-state index >= 15 is 0 Å². The second-order valence-electron chi connectivity index (χ2n) is 8.96. The molecule has 0 radical (unpaired) electrons. The Hall–Kier alpha value is -2.09. The number of carbonyl (C=O) groups excluding carboxylic acids is 2. The Balaban J connectivity index is 1.63. The highest BCUT2D eigenvalue weighted by atomic mass is 32.2. The summed E-state index contributed by atoms with van der Waals surface area (Å²) in [5.41, 5.74) is 0.321. The Bertz CT molecular complexity index is 876. The quantitative estimate of drug-likeness (QED) is 0.564. The lowest BCUT2D eigenvalue weighted by Gasteiger charge is -2.38. The minimum atomic E-state index is -3.12. The van der Waals surface area contributed by atoms with Crippen LogP contribution in [0.25, 0.3) is 0 Å². The van der Waals surface area contributed by atoms with Gasteiger partial charge in [0.2, 0.25) is 0 Å². The summed E-state index contributed by atoms with van der Waals surface area (Å²) in [4.78, 5) is 27.3. The van der Waals surface area contributed by atoms with E-state index in [1.807, 2.05) is 13.8 Å². The standard InChI is InChI=1S/C23H33NO6S/c1-17(2)14-29-21-10-6-7-18(13-21)23(26)30-15-22(25)24(19-8-4-3-5-9-19)20-11-12-31(27,28)16-20/h6-7,10,13,17,19-20H,3-5,8-9,11-12,14-16H2,1-2H3. The fraction of sp³-hybridized carbons (Fsp3) is 0.652. The molecule has 1 atom stereocenters. The maximum absolute atomic E-state index is 13.0. The molecule has 31 heavy (non-hydrogen) atoms. The van der Waals surface area contributed by atoms with Crippen LogP contribution in [0.1, 0.15) is 62.7 Å². The second-order valence-corrected chi connectivity index (χ2v) is 11.2. The largest absolute Gasteiger partial charge is 0.493 e. The zero-order valence-electron chi connectivity index (χ0n) is 18.4. The van der Waals surface area contributed by atoms with Gasteiger partial charge in [-0.25, -0.2) is 13.2 Å². The van der Waals surface area contributed by atoms with Crippen molar-refractivity contribution in [3.8, 4) is 5.75 Å². The highest BCUT2D eigenvalue weighted by Gasteiger charge is 2.38. The second kappa shape index (κ2) is 10.5. The number of carbonyl (C=O) groups is 2. The fourth-order valence-electron chi connectivity index (χ4n) is 4.32. The minimum absolute atomic E-state index is 0.00157. The van der Waals surface area contributed by atoms with Crippen molar-refractivity contribution in [3.05, 3.63) is 29.8 Å². The van der Waals surface area contributed by atoms with Gasteiger partial charge in [0, 0.05) is 12.1 Å². The Labute approximate surface area is 185 Å². The molecule has 1 saturated heterocycles. The SMILES string of the molecule is CC(C)COc1cccc(C(=O)OCC(=O)N(C2CCCCC2)C2CCS(=O)(=O)C2)c1. The van der Waals surface area contributed by atoms with Gasteiger partial charge in [-0.1, -0.05) is 39.2 Å². The molecule has 8 heteroatoms. The van der Waals surface area contributed by atoms with E-state index < -0.39 is 15.8 Å². The van der Waals surface area contributed by atoms with E-state index in [1.54, 1.807) is 29.2 Å². The summed E-state index contributed by atoms with van der Waals surface area (Å²) in [5.74, 6) is 0.142. The van der Waals surface area contributed by atoms with Crippen LogP contribution in [0.4, 0.5) is 0 Å². The topological polar surface area (TPSA) is 90.0 Å². The van der Waals surface area contributed by atoms with Crippen molar-refractivity contribution >= 4 is 21.7 Å². The first-order chi connectivity index (χ1) is 14.7. The van der Waals surface area contributed by atoms with Crippen LogP contribution in [0.5, 0.6) is 5.75 Å². The van der Waals surface area contributed by atoms with Crippen LogP contribution < -0.4 is 4.74 Å². The Kier molecular flexibility index (Phi) is 7.97. The summed E-state index contributed by atoms with van der Waals surface area (Å²) in [5, 5.41) is 0. The lowest BCUT2D eigenvalue weighted by Crippen LogP contribution is -2.50. The molecule has 7 nitrogen and oxygen atoms in total. The lowest BCUT2D eigenvalue weighted by atomic mass is 9.93. The monoisotopic (exact) mass is 451 g/mol. The van der Waals surface area contributed by atoms with Crippen LogP contribution in [0, 0.1) is 5.92 Å². The molecule has 2 fully saturated rings. The van der Waals surface area contributed by atoms with Gasteiger partial charge in [-0.05, 0) is 43.4 Å². The number of nitrogens with zero attached hydrogens (tertiary/aromatic N) is 1. The molecule has 3 rings (SSSR count). The molecule has 1 aromatic rings. The third kappa shape index (κ3) is 6.69. The van der Waals surface area contributed by atoms with Gasteiger partial charge in [-0.15, -0.1) is 0 Å². The van der Waals surface area contributed by atoms with Crippen molar-refractivity contribution in [1.29, 1.82) is 0 Å². The van der Waals surface area contributed by atoms with Crippen LogP contribution >= 0.6 is 0 Å². The maximum atomic E-state index is 13.0. The van der Waals surface area contributed by atoms with Crippen LogP contribution in [0.15, 0.2) is 24.3 Å². The van der Waals surface area contributed by atoms with Crippen LogP contribution in [-0.2, 0) is 19.4 Å². The molecule has 1 aliphatic carbocycles. The first-order valence-corrected chi connectivity index (χ1v) is 13.0. The average Bonchev–Trinajstić information content (AvgIpc) is 3.10. The number of sulfone groups is 1. The van der Waals surface area contributed by atoms with Crippen molar-refractivity contribution < 1.29 is 27.5 Å². The van der Waals surface area contributed by atoms with Crippen molar-refractivity contribution in [2.75, 3.05) is 24.7 Å². The molecule has 0 N–H and O–H groups in total. The highest BCUT2D eigenvalue weighted by molar-refractivity contribution is 7.91. The van der Waals surface area contributed by atoms with E-state index in [2.05, 4.69) is 0 Å². The summed E-state index contributed by atoms with van der Waals surface area (Å²) in [6.07, 6.45) is 5.37. The molecule has 2 aliphatic rings. The first kappa shape index (κ1) is 23.6. The molecule has 0 bridgehead atoms. The Morgan fingerprint density at radius 3 is 2.48 bits per heavy atom. The molecule has 0 aromatic heterocycles. The van der Waals surface area contributed by atoms with Crippen molar-refractivity contribution in [2.45, 2.75) is 64.5 Å². The van der Waals surface area contributed by atoms with Crippen molar-refractivity contribution in [3.63, 3.8) is 0 Å². The van der Waals surface area contributed by atoms with Gasteiger partial charge in [-0.2, -0.15) is 0 Å². The molecule has 172 valence electrons. The summed E-state index contributed by atoms with van der Waals surface area (Å²) >= 11 is 0. The van der Waals surface area contributed by atoms with Gasteiger partial charge < -0.3 is 14.4 Å². The zero-order chi connectivity index (χ0) is 22.4. The summed E-state index contributed by atoms with van der Waals surface area (Å²) in [6.45, 7) is 4.23. The third-order valence-electron chi connectivity index (χ3n) is 5.84. The Morgan fingerprint density at radius 1 is 1.10 bits per heavy atom. The molecule has 1 saturated carbocycles. The van der Waals surface area contributed by atoms with Crippen LogP contribution in [0.3, 0.4) is 0 Å². The van der Waals surface area contributed by atoms with Crippen molar-refractivity contribution in [2.24, 2.45) is 5.92 Å². The molecular formula is C23H33NO6S. The molecule has 1 heterocycles. The number of amides is 1. The van der Waals surface area contributed by atoms with E-state index in [-0.39, 0.29) is 36.1 Å². The zero-order valence-corrected chi connectivity index (χ0v) is 19.2. The predicted molar refractivity (Wildman–Crippen MR) is 118 cm³/mol. The predicted octanol–water partition coefficient (Wildman–Crippen LogP) is 3.23. The van der Waals surface area contributed by atoms with Crippen LogP contribution in [0.2, 0.25) is 0 Å². The van der Waals surface area contributed by atoms with E-state index in [0.717, 1.165) is 32.1 Å². The molecule has 0 spiro atoms. The number of benzene rings is 1. The van der Waals surface area contributed by atoms with Gasteiger partial charge in [-0.3, -0.25) is 4.79 Å². The smallest absolute Gasteiger partial charge is 0.338 e. The Morgan fingerprint density at radius 2 is 1.84 bits per heavy atom. The van der Waals surface area contributed by atoms with E-state index in [0.29, 0.717) is 30.3 Å². The fourth-order valence-corrected chi connectivity index (χ4v) is 6.03. The number of ether oxygens (including phenoxy) is 2. The number of esters is 1. The van der Waals surface area contributed by atoms with E-state index in [4.69, 9.17) is 9.47 Å². The number of hydrogen-bond donors (Lipinski definition) is 0. The molecule has 1 aliphatic heterocycles.